The van der Waals surface area contributed by atoms with Crippen molar-refractivity contribution in [1.29, 1.82) is 0 Å². The lowest BCUT2D eigenvalue weighted by Crippen LogP contribution is -2.39. The van der Waals surface area contributed by atoms with Gasteiger partial charge in [-0.15, -0.1) is 0 Å². The maximum absolute atomic E-state index is 10.7. The number of ether oxygens (including phenoxy) is 1. The molecule has 0 aliphatic rings. The Morgan fingerprint density at radius 3 is 2.83 bits per heavy atom. The summed E-state index contributed by atoms with van der Waals surface area (Å²) < 4.78 is 5.44. The average Bonchev–Trinajstić information content (AvgIpc) is 2.31. The molecular weight excluding hydrogens is 308 g/mol. The number of carboxylic acid groups (broad SMARTS) is 1. The van der Waals surface area contributed by atoms with Crippen molar-refractivity contribution in [3.05, 3.63) is 32.8 Å². The topological polar surface area (TPSA) is 102 Å². The van der Waals surface area contributed by atoms with E-state index in [1.54, 1.807) is 0 Å². The second kappa shape index (κ2) is 6.31. The van der Waals surface area contributed by atoms with Crippen LogP contribution in [-0.2, 0) is 4.79 Å². The summed E-state index contributed by atoms with van der Waals surface area (Å²) in [6.45, 7) is -0.133. The number of aliphatic carboxylic acids is 1. The molecule has 0 heterocycles. The first-order chi connectivity index (χ1) is 8.47. The van der Waals surface area contributed by atoms with Gasteiger partial charge >= 0.3 is 5.97 Å². The van der Waals surface area contributed by atoms with E-state index in [0.29, 0.717) is 0 Å². The molecule has 18 heavy (non-hydrogen) atoms. The number of halogens is 1. The summed E-state index contributed by atoms with van der Waals surface area (Å²) in [6, 6.07) is 3.43. The predicted molar refractivity (Wildman–Crippen MR) is 66.8 cm³/mol. The Morgan fingerprint density at radius 1 is 1.67 bits per heavy atom. The SMILES string of the molecule is CNC(COc1cccc([N+](=O)[O-])c1Br)C(=O)O. The molecule has 2 N–H and O–H groups in total. The fourth-order valence-electron chi connectivity index (χ4n) is 1.20. The van der Waals surface area contributed by atoms with Crippen molar-refractivity contribution in [2.45, 2.75) is 6.04 Å². The number of nitro groups is 1. The van der Waals surface area contributed by atoms with E-state index in [0.717, 1.165) is 0 Å². The van der Waals surface area contributed by atoms with Crippen LogP contribution in [0.5, 0.6) is 5.75 Å². The Kier molecular flexibility index (Phi) is 5.05. The molecule has 0 bridgehead atoms. The Balaban J connectivity index is 2.82. The smallest absolute Gasteiger partial charge is 0.324 e. The molecule has 0 aliphatic carbocycles. The standard InChI is InChI=1S/C10H11BrN2O5/c1-12-6(10(14)15)5-18-8-4-2-3-7(9(8)11)13(16)17/h2-4,6,12H,5H2,1H3,(H,14,15). The van der Waals surface area contributed by atoms with E-state index < -0.39 is 16.9 Å². The van der Waals surface area contributed by atoms with Crippen molar-refractivity contribution >= 4 is 27.6 Å². The summed E-state index contributed by atoms with van der Waals surface area (Å²) in [6.07, 6.45) is 0. The number of hydrogen-bond donors (Lipinski definition) is 2. The molecule has 0 amide bonds. The minimum absolute atomic E-state index is 0.133. The van der Waals surface area contributed by atoms with Crippen LogP contribution in [0.15, 0.2) is 22.7 Å². The molecule has 0 aromatic heterocycles. The molecule has 0 aliphatic heterocycles. The van der Waals surface area contributed by atoms with Crippen LogP contribution in [0.1, 0.15) is 0 Å². The number of hydrogen-bond acceptors (Lipinski definition) is 5. The molecular formula is C10H11BrN2O5. The van der Waals surface area contributed by atoms with E-state index >= 15 is 0 Å². The number of benzene rings is 1. The molecule has 7 nitrogen and oxygen atoms in total. The average molecular weight is 319 g/mol. The zero-order valence-electron chi connectivity index (χ0n) is 9.42. The molecule has 0 radical (unpaired) electrons. The Labute approximate surface area is 111 Å². The van der Waals surface area contributed by atoms with Gasteiger partial charge in [-0.1, -0.05) is 6.07 Å². The van der Waals surface area contributed by atoms with Gasteiger partial charge in [-0.25, -0.2) is 0 Å². The van der Waals surface area contributed by atoms with Crippen LogP contribution in [0.25, 0.3) is 0 Å². The summed E-state index contributed by atoms with van der Waals surface area (Å²) in [5.41, 5.74) is -0.135. The first-order valence-electron chi connectivity index (χ1n) is 4.93. The minimum Gasteiger partial charge on any atom is -0.490 e. The molecule has 1 aromatic rings. The van der Waals surface area contributed by atoms with Gasteiger partial charge in [0.1, 0.15) is 22.9 Å². The van der Waals surface area contributed by atoms with Crippen LogP contribution in [0, 0.1) is 10.1 Å². The third-order valence-electron chi connectivity index (χ3n) is 2.19. The molecule has 0 spiro atoms. The fraction of sp³-hybridized carbons (Fsp3) is 0.300. The summed E-state index contributed by atoms with van der Waals surface area (Å²) in [7, 11) is 1.49. The summed E-state index contributed by atoms with van der Waals surface area (Å²) in [4.78, 5) is 20.9. The Hall–Kier alpha value is -1.67. The van der Waals surface area contributed by atoms with Crippen molar-refractivity contribution in [2.75, 3.05) is 13.7 Å². The van der Waals surface area contributed by atoms with E-state index in [4.69, 9.17) is 9.84 Å². The first-order valence-corrected chi connectivity index (χ1v) is 5.72. The molecule has 0 saturated heterocycles. The highest BCUT2D eigenvalue weighted by Crippen LogP contribution is 2.33. The van der Waals surface area contributed by atoms with Gasteiger partial charge in [0.15, 0.2) is 0 Å². The van der Waals surface area contributed by atoms with Crippen molar-refractivity contribution in [3.63, 3.8) is 0 Å². The quantitative estimate of drug-likeness (QED) is 0.607. The normalized spacial score (nSPS) is 11.9. The Morgan fingerprint density at radius 2 is 2.33 bits per heavy atom. The van der Waals surface area contributed by atoms with Gasteiger partial charge in [0, 0.05) is 6.07 Å². The van der Waals surface area contributed by atoms with Gasteiger partial charge in [-0.2, -0.15) is 0 Å². The highest BCUT2D eigenvalue weighted by Gasteiger charge is 2.19. The first kappa shape index (κ1) is 14.4. The summed E-state index contributed by atoms with van der Waals surface area (Å²) >= 11 is 3.06. The molecule has 1 unspecified atom stereocenters. The van der Waals surface area contributed by atoms with E-state index in [9.17, 15) is 14.9 Å². The van der Waals surface area contributed by atoms with Crippen molar-refractivity contribution in [1.82, 2.24) is 5.32 Å². The number of likely N-dealkylation sites (N-methyl/N-ethyl adjacent to an activating group) is 1. The fourth-order valence-corrected chi connectivity index (χ4v) is 1.73. The number of nitrogens with one attached hydrogen (secondary N) is 1. The van der Waals surface area contributed by atoms with Gasteiger partial charge in [0.05, 0.1) is 4.92 Å². The zero-order chi connectivity index (χ0) is 13.7. The summed E-state index contributed by atoms with van der Waals surface area (Å²) in [5, 5.41) is 22.0. The summed E-state index contributed by atoms with van der Waals surface area (Å²) in [5.74, 6) is -0.829. The maximum Gasteiger partial charge on any atom is 0.324 e. The molecule has 98 valence electrons. The van der Waals surface area contributed by atoms with Gasteiger partial charge in [0.2, 0.25) is 0 Å². The van der Waals surface area contributed by atoms with E-state index in [-0.39, 0.29) is 22.5 Å². The predicted octanol–water partition coefficient (Wildman–Crippen LogP) is 1.41. The molecule has 8 heteroatoms. The highest BCUT2D eigenvalue weighted by molar-refractivity contribution is 9.10. The zero-order valence-corrected chi connectivity index (χ0v) is 11.0. The highest BCUT2D eigenvalue weighted by atomic mass is 79.9. The third-order valence-corrected chi connectivity index (χ3v) is 2.99. The van der Waals surface area contributed by atoms with Crippen LogP contribution >= 0.6 is 15.9 Å². The number of carboxylic acids is 1. The van der Waals surface area contributed by atoms with Gasteiger partial charge in [0.25, 0.3) is 5.69 Å². The number of nitrogens with zero attached hydrogens (tertiary/aromatic N) is 1. The van der Waals surface area contributed by atoms with Crippen molar-refractivity contribution in [3.8, 4) is 5.75 Å². The van der Waals surface area contributed by atoms with Crippen LogP contribution in [0.4, 0.5) is 5.69 Å². The Bertz CT molecular complexity index is 466. The van der Waals surface area contributed by atoms with Crippen LogP contribution < -0.4 is 10.1 Å². The van der Waals surface area contributed by atoms with Crippen LogP contribution in [0.3, 0.4) is 0 Å². The third kappa shape index (κ3) is 3.41. The van der Waals surface area contributed by atoms with E-state index in [1.807, 2.05) is 0 Å². The lowest BCUT2D eigenvalue weighted by molar-refractivity contribution is -0.385. The largest absolute Gasteiger partial charge is 0.490 e. The minimum atomic E-state index is -1.06. The van der Waals surface area contributed by atoms with Crippen molar-refractivity contribution in [2.24, 2.45) is 0 Å². The lowest BCUT2D eigenvalue weighted by atomic mass is 10.3. The molecule has 0 fully saturated rings. The molecule has 1 aromatic carbocycles. The van der Waals surface area contributed by atoms with Crippen LogP contribution in [0.2, 0.25) is 0 Å². The second-order valence-electron chi connectivity index (χ2n) is 3.34. The number of nitro benzene ring substituents is 1. The van der Waals surface area contributed by atoms with E-state index in [1.165, 1.54) is 25.2 Å². The molecule has 1 rings (SSSR count). The van der Waals surface area contributed by atoms with Crippen LogP contribution in [-0.4, -0.2) is 35.7 Å². The number of rotatable bonds is 6. The van der Waals surface area contributed by atoms with Gasteiger partial charge in [-0.05, 0) is 29.0 Å². The van der Waals surface area contributed by atoms with Gasteiger partial charge in [-0.3, -0.25) is 14.9 Å². The monoisotopic (exact) mass is 318 g/mol. The molecule has 0 saturated carbocycles. The lowest BCUT2D eigenvalue weighted by Gasteiger charge is -2.13. The van der Waals surface area contributed by atoms with Gasteiger partial charge < -0.3 is 15.2 Å². The molecule has 1 atom stereocenters. The van der Waals surface area contributed by atoms with Crippen molar-refractivity contribution < 1.29 is 19.6 Å². The second-order valence-corrected chi connectivity index (χ2v) is 4.13. The van der Waals surface area contributed by atoms with E-state index in [2.05, 4.69) is 21.2 Å². The number of carbonyl (C=O) groups is 1. The maximum atomic E-state index is 10.7.